The number of aromatic nitrogens is 4. The lowest BCUT2D eigenvalue weighted by Crippen LogP contribution is -2.52. The maximum absolute atomic E-state index is 13.4. The summed E-state index contributed by atoms with van der Waals surface area (Å²) in [5, 5.41) is 3.36. The van der Waals surface area contributed by atoms with Crippen LogP contribution < -0.4 is 5.32 Å². The van der Waals surface area contributed by atoms with Crippen molar-refractivity contribution >= 4 is 11.6 Å². The summed E-state index contributed by atoms with van der Waals surface area (Å²) >= 11 is 0. The smallest absolute Gasteiger partial charge is 0.274 e. The van der Waals surface area contributed by atoms with Crippen LogP contribution in [-0.4, -0.2) is 44.0 Å². The van der Waals surface area contributed by atoms with Crippen LogP contribution in [0.5, 0.6) is 0 Å². The quantitative estimate of drug-likeness (QED) is 0.536. The first-order valence-electron chi connectivity index (χ1n) is 12.3. The van der Waals surface area contributed by atoms with Crippen LogP contribution in [0, 0.1) is 18.8 Å². The van der Waals surface area contributed by atoms with Crippen molar-refractivity contribution in [1.82, 2.24) is 24.7 Å². The van der Waals surface area contributed by atoms with E-state index in [9.17, 15) is 4.79 Å². The molecule has 0 aromatic carbocycles. The monoisotopic (exact) mass is 447 g/mol. The Morgan fingerprint density at radius 2 is 2.09 bits per heavy atom. The van der Waals surface area contributed by atoms with E-state index in [-0.39, 0.29) is 11.9 Å². The first kappa shape index (κ1) is 22.0. The lowest BCUT2D eigenvalue weighted by molar-refractivity contribution is -0.0329. The van der Waals surface area contributed by atoms with Crippen LogP contribution in [0.2, 0.25) is 0 Å². The van der Waals surface area contributed by atoms with Gasteiger partial charge in [0.25, 0.3) is 5.91 Å². The maximum atomic E-state index is 13.4. The third-order valence-electron chi connectivity index (χ3n) is 7.31. The number of carbonyl (C=O) groups is 1. The van der Waals surface area contributed by atoms with Gasteiger partial charge in [0, 0.05) is 36.3 Å². The summed E-state index contributed by atoms with van der Waals surface area (Å²) in [5.41, 5.74) is 3.68. The molecule has 3 heterocycles. The predicted molar refractivity (Wildman–Crippen MR) is 127 cm³/mol. The molecule has 7 nitrogen and oxygen atoms in total. The number of hydrogen-bond acceptors (Lipinski definition) is 5. The second-order valence-electron chi connectivity index (χ2n) is 9.58. The lowest BCUT2D eigenvalue weighted by Gasteiger charge is -2.45. The van der Waals surface area contributed by atoms with Crippen molar-refractivity contribution in [2.75, 3.05) is 6.61 Å². The molecule has 2 bridgehead atoms. The van der Waals surface area contributed by atoms with E-state index >= 15 is 0 Å². The van der Waals surface area contributed by atoms with E-state index in [1.165, 1.54) is 6.42 Å². The number of pyridine rings is 1. The summed E-state index contributed by atoms with van der Waals surface area (Å²) in [7, 11) is 0. The summed E-state index contributed by atoms with van der Waals surface area (Å²) in [6.45, 7) is 5.05. The number of nitrogens with zero attached hydrogens (tertiary/aromatic N) is 4. The molecular weight excluding hydrogens is 414 g/mol. The zero-order valence-electron chi connectivity index (χ0n) is 19.5. The van der Waals surface area contributed by atoms with Crippen molar-refractivity contribution in [1.29, 1.82) is 0 Å². The van der Waals surface area contributed by atoms with Gasteiger partial charge in [0.2, 0.25) is 0 Å². The Labute approximate surface area is 195 Å². The first-order valence-corrected chi connectivity index (χ1v) is 12.3. The summed E-state index contributed by atoms with van der Waals surface area (Å²) < 4.78 is 8.05. The number of carbonyl (C=O) groups excluding carboxylic acids is 1. The highest BCUT2D eigenvalue weighted by molar-refractivity contribution is 5.98. The van der Waals surface area contributed by atoms with Gasteiger partial charge in [0.05, 0.1) is 11.8 Å². The van der Waals surface area contributed by atoms with Crippen molar-refractivity contribution in [3.63, 3.8) is 0 Å². The Kier molecular flexibility index (Phi) is 6.40. The molecular formula is C26H33N5O2. The second-order valence-corrected chi connectivity index (χ2v) is 9.58. The highest BCUT2D eigenvalue weighted by atomic mass is 16.5. The molecule has 4 atom stereocenters. The van der Waals surface area contributed by atoms with E-state index in [0.717, 1.165) is 62.1 Å². The van der Waals surface area contributed by atoms with Gasteiger partial charge in [-0.2, -0.15) is 0 Å². The fraction of sp³-hybridized carbons (Fsp3) is 0.538. The van der Waals surface area contributed by atoms with Crippen LogP contribution >= 0.6 is 0 Å². The van der Waals surface area contributed by atoms with Gasteiger partial charge >= 0.3 is 0 Å². The van der Waals surface area contributed by atoms with Crippen molar-refractivity contribution in [3.8, 4) is 11.3 Å². The average Bonchev–Trinajstić information content (AvgIpc) is 3.25. The molecule has 2 aliphatic rings. The predicted octanol–water partition coefficient (Wildman–Crippen LogP) is 4.59. The SMILES string of the molecule is CCCCOC1C[C@H]2CCC[C@@H](C1)C2NC(=O)c1ncn2c(C)cc(-c3cccnc3)nc12. The third-order valence-corrected chi connectivity index (χ3v) is 7.31. The molecule has 0 aliphatic heterocycles. The number of ether oxygens (including phenoxy) is 1. The largest absolute Gasteiger partial charge is 0.378 e. The highest BCUT2D eigenvalue weighted by Gasteiger charge is 2.41. The molecule has 3 aromatic rings. The number of imidazole rings is 1. The highest BCUT2D eigenvalue weighted by Crippen LogP contribution is 2.41. The van der Waals surface area contributed by atoms with E-state index in [1.54, 1.807) is 18.7 Å². The topological polar surface area (TPSA) is 81.4 Å². The summed E-state index contributed by atoms with van der Waals surface area (Å²) in [6, 6.07) is 6.06. The van der Waals surface area contributed by atoms with Gasteiger partial charge in [0.15, 0.2) is 11.3 Å². The Bertz CT molecular complexity index is 1100. The molecule has 33 heavy (non-hydrogen) atoms. The normalized spacial score (nSPS) is 24.7. The zero-order valence-corrected chi connectivity index (χ0v) is 19.5. The van der Waals surface area contributed by atoms with Gasteiger partial charge in [-0.1, -0.05) is 19.8 Å². The van der Waals surface area contributed by atoms with Gasteiger partial charge in [-0.15, -0.1) is 0 Å². The molecule has 3 aromatic heterocycles. The van der Waals surface area contributed by atoms with E-state index in [2.05, 4.69) is 22.2 Å². The van der Waals surface area contributed by atoms with Crippen LogP contribution in [0.1, 0.15) is 68.1 Å². The molecule has 0 saturated heterocycles. The van der Waals surface area contributed by atoms with Gasteiger partial charge in [-0.25, -0.2) is 9.97 Å². The molecule has 2 saturated carbocycles. The molecule has 174 valence electrons. The summed E-state index contributed by atoms with van der Waals surface area (Å²) in [4.78, 5) is 26.9. The van der Waals surface area contributed by atoms with Gasteiger partial charge in [-0.3, -0.25) is 14.2 Å². The Morgan fingerprint density at radius 3 is 2.82 bits per heavy atom. The Morgan fingerprint density at radius 1 is 1.27 bits per heavy atom. The molecule has 1 amide bonds. The molecule has 1 N–H and O–H groups in total. The second kappa shape index (κ2) is 9.59. The minimum absolute atomic E-state index is 0.125. The fourth-order valence-electron chi connectivity index (χ4n) is 5.62. The molecule has 7 heteroatoms. The summed E-state index contributed by atoms with van der Waals surface area (Å²) in [6.07, 6.45) is 13.5. The molecule has 0 radical (unpaired) electrons. The average molecular weight is 448 g/mol. The number of fused-ring (bicyclic) bond motifs is 3. The number of rotatable bonds is 7. The first-order chi connectivity index (χ1) is 16.1. The molecule has 2 aliphatic carbocycles. The van der Waals surface area contributed by atoms with E-state index in [4.69, 9.17) is 9.72 Å². The van der Waals surface area contributed by atoms with Crippen LogP contribution in [-0.2, 0) is 4.74 Å². The van der Waals surface area contributed by atoms with Crippen LogP contribution in [0.25, 0.3) is 16.9 Å². The number of nitrogens with one attached hydrogen (secondary N) is 1. The molecule has 2 unspecified atom stereocenters. The van der Waals surface area contributed by atoms with Crippen LogP contribution in [0.15, 0.2) is 36.9 Å². The number of hydrogen-bond donors (Lipinski definition) is 1. The third kappa shape index (κ3) is 4.51. The Hall–Kier alpha value is -2.80. The van der Waals surface area contributed by atoms with Crippen LogP contribution in [0.3, 0.4) is 0 Å². The maximum Gasteiger partial charge on any atom is 0.274 e. The number of amides is 1. The minimum Gasteiger partial charge on any atom is -0.378 e. The number of aryl methyl sites for hydroxylation is 1. The van der Waals surface area contributed by atoms with Crippen molar-refractivity contribution in [3.05, 3.63) is 48.3 Å². The standard InChI is InChI=1S/C26H33N5O2/c1-3-4-11-33-21-13-18-7-5-8-19(14-21)23(18)30-26(32)24-25-29-22(20-9-6-10-27-15-20)12-17(2)31(25)16-28-24/h6,9-10,12,15-16,18-19,21,23H,3-5,7-8,11,13-14H2,1-2H3,(H,30,32)/t18-,19+,21?,23?. The number of unbranched alkanes of at least 4 members (excludes halogenated alkanes) is 1. The molecule has 2 fully saturated rings. The van der Waals surface area contributed by atoms with E-state index in [0.29, 0.717) is 29.3 Å². The van der Waals surface area contributed by atoms with Gasteiger partial charge in [0.1, 0.15) is 6.33 Å². The minimum atomic E-state index is -0.125. The van der Waals surface area contributed by atoms with Crippen molar-refractivity contribution < 1.29 is 9.53 Å². The Balaban J connectivity index is 1.36. The van der Waals surface area contributed by atoms with Crippen molar-refractivity contribution in [2.24, 2.45) is 11.8 Å². The zero-order chi connectivity index (χ0) is 22.8. The molecule has 5 rings (SSSR count). The van der Waals surface area contributed by atoms with E-state index < -0.39 is 0 Å². The van der Waals surface area contributed by atoms with Crippen LogP contribution in [0.4, 0.5) is 0 Å². The van der Waals surface area contributed by atoms with Gasteiger partial charge in [-0.05, 0) is 69.1 Å². The fourth-order valence-corrected chi connectivity index (χ4v) is 5.62. The lowest BCUT2D eigenvalue weighted by atomic mass is 9.67. The van der Waals surface area contributed by atoms with Gasteiger partial charge < -0.3 is 10.1 Å². The molecule has 0 spiro atoms. The summed E-state index contributed by atoms with van der Waals surface area (Å²) in [5.74, 6) is 0.824. The van der Waals surface area contributed by atoms with Crippen molar-refractivity contribution in [2.45, 2.75) is 70.9 Å². The van der Waals surface area contributed by atoms with E-state index in [1.807, 2.05) is 29.5 Å².